The molecule has 26 heavy (non-hydrogen) atoms. The maximum Gasteiger partial charge on any atom is 0.270 e. The fraction of sp³-hybridized carbons (Fsp3) is 0.368. The molecule has 1 aromatic heterocycles. The van der Waals surface area contributed by atoms with Gasteiger partial charge < -0.3 is 14.8 Å². The average molecular weight is 373 g/mol. The van der Waals surface area contributed by atoms with Crippen LogP contribution in [0.5, 0.6) is 5.75 Å². The van der Waals surface area contributed by atoms with Gasteiger partial charge in [-0.15, -0.1) is 11.3 Å². The van der Waals surface area contributed by atoms with Gasteiger partial charge in [-0.25, -0.2) is 4.98 Å². The summed E-state index contributed by atoms with van der Waals surface area (Å²) in [5.74, 6) is 0.619. The second-order valence-electron chi connectivity index (χ2n) is 5.88. The maximum atomic E-state index is 12.3. The standard InChI is InChI=1S/C19H23N3O3S/c1-2-10-25-16-5-3-4-15(13-16)19-21-17(14-26-19)18(23)20-6-7-22-8-11-24-12-9-22/h2-5,13-14H,1,6-12H2,(H,20,23). The Morgan fingerprint density at radius 2 is 2.27 bits per heavy atom. The zero-order valence-electron chi connectivity index (χ0n) is 14.6. The minimum absolute atomic E-state index is 0.139. The number of nitrogens with zero attached hydrogens (tertiary/aromatic N) is 2. The monoisotopic (exact) mass is 373 g/mol. The summed E-state index contributed by atoms with van der Waals surface area (Å²) in [6, 6.07) is 7.68. The number of hydrogen-bond acceptors (Lipinski definition) is 6. The molecular formula is C19H23N3O3S. The Morgan fingerprint density at radius 3 is 3.08 bits per heavy atom. The van der Waals surface area contributed by atoms with Gasteiger partial charge in [-0.05, 0) is 12.1 Å². The lowest BCUT2D eigenvalue weighted by atomic mass is 10.2. The molecule has 2 heterocycles. The molecule has 1 fully saturated rings. The van der Waals surface area contributed by atoms with Crippen molar-refractivity contribution in [1.82, 2.24) is 15.2 Å². The lowest BCUT2D eigenvalue weighted by molar-refractivity contribution is 0.0383. The molecule has 3 rings (SSSR count). The van der Waals surface area contributed by atoms with Gasteiger partial charge in [-0.2, -0.15) is 0 Å². The van der Waals surface area contributed by atoms with Gasteiger partial charge in [0.25, 0.3) is 5.91 Å². The number of carbonyl (C=O) groups excluding carboxylic acids is 1. The van der Waals surface area contributed by atoms with E-state index in [1.165, 1.54) is 11.3 Å². The lowest BCUT2D eigenvalue weighted by Gasteiger charge is -2.26. The zero-order valence-corrected chi connectivity index (χ0v) is 15.5. The second kappa shape index (κ2) is 9.47. The number of hydrogen-bond donors (Lipinski definition) is 1. The molecule has 0 radical (unpaired) electrons. The van der Waals surface area contributed by atoms with Gasteiger partial charge in [0.15, 0.2) is 0 Å². The van der Waals surface area contributed by atoms with Crippen LogP contribution < -0.4 is 10.1 Å². The van der Waals surface area contributed by atoms with Crippen molar-refractivity contribution in [3.63, 3.8) is 0 Å². The maximum absolute atomic E-state index is 12.3. The fourth-order valence-electron chi connectivity index (χ4n) is 2.63. The molecule has 0 unspecified atom stereocenters. The first-order chi connectivity index (χ1) is 12.8. The first-order valence-electron chi connectivity index (χ1n) is 8.64. The Hall–Kier alpha value is -2.22. The van der Waals surface area contributed by atoms with Crippen molar-refractivity contribution < 1.29 is 14.3 Å². The highest BCUT2D eigenvalue weighted by Gasteiger charge is 2.14. The Kier molecular flexibility index (Phi) is 6.76. The molecule has 0 bridgehead atoms. The number of morpholine rings is 1. The molecule has 1 amide bonds. The number of amides is 1. The van der Waals surface area contributed by atoms with Crippen molar-refractivity contribution in [2.75, 3.05) is 46.0 Å². The number of carbonyl (C=O) groups is 1. The van der Waals surface area contributed by atoms with Gasteiger partial charge in [0.1, 0.15) is 23.1 Å². The summed E-state index contributed by atoms with van der Waals surface area (Å²) in [6.45, 7) is 8.90. The minimum atomic E-state index is -0.139. The van der Waals surface area contributed by atoms with Gasteiger partial charge >= 0.3 is 0 Å². The Balaban J connectivity index is 1.55. The number of aromatic nitrogens is 1. The van der Waals surface area contributed by atoms with Gasteiger partial charge in [0.2, 0.25) is 0 Å². The summed E-state index contributed by atoms with van der Waals surface area (Å²) in [5.41, 5.74) is 1.38. The van der Waals surface area contributed by atoms with Crippen molar-refractivity contribution in [2.45, 2.75) is 0 Å². The molecule has 1 aliphatic heterocycles. The van der Waals surface area contributed by atoms with E-state index in [0.717, 1.165) is 49.2 Å². The second-order valence-corrected chi connectivity index (χ2v) is 6.73. The van der Waals surface area contributed by atoms with Gasteiger partial charge in [-0.1, -0.05) is 24.8 Å². The summed E-state index contributed by atoms with van der Waals surface area (Å²) in [6.07, 6.45) is 1.70. The smallest absolute Gasteiger partial charge is 0.270 e. The van der Waals surface area contributed by atoms with E-state index in [-0.39, 0.29) is 5.91 Å². The highest BCUT2D eigenvalue weighted by molar-refractivity contribution is 7.13. The summed E-state index contributed by atoms with van der Waals surface area (Å²) in [7, 11) is 0. The number of benzene rings is 1. The van der Waals surface area contributed by atoms with E-state index in [0.29, 0.717) is 18.8 Å². The highest BCUT2D eigenvalue weighted by atomic mass is 32.1. The molecule has 138 valence electrons. The van der Waals surface area contributed by atoms with Crippen molar-refractivity contribution in [2.24, 2.45) is 0 Å². The number of nitrogens with one attached hydrogen (secondary N) is 1. The van der Waals surface area contributed by atoms with Crippen molar-refractivity contribution in [1.29, 1.82) is 0 Å². The largest absolute Gasteiger partial charge is 0.490 e. The molecule has 1 aromatic carbocycles. The molecule has 0 aliphatic carbocycles. The van der Waals surface area contributed by atoms with Crippen LogP contribution in [0.1, 0.15) is 10.5 Å². The van der Waals surface area contributed by atoms with Crippen LogP contribution in [0.2, 0.25) is 0 Å². The van der Waals surface area contributed by atoms with E-state index in [4.69, 9.17) is 9.47 Å². The molecule has 0 atom stereocenters. The highest BCUT2D eigenvalue weighted by Crippen LogP contribution is 2.27. The first kappa shape index (κ1) is 18.6. The fourth-order valence-corrected chi connectivity index (χ4v) is 3.42. The minimum Gasteiger partial charge on any atom is -0.490 e. The van der Waals surface area contributed by atoms with Crippen LogP contribution in [-0.4, -0.2) is 61.8 Å². The SMILES string of the molecule is C=CCOc1cccc(-c2nc(C(=O)NCCN3CCOCC3)cs2)c1. The van der Waals surface area contributed by atoms with E-state index < -0.39 is 0 Å². The first-order valence-corrected chi connectivity index (χ1v) is 9.52. The Labute approximate surface area is 157 Å². The number of thiazole rings is 1. The number of rotatable bonds is 8. The van der Waals surface area contributed by atoms with E-state index >= 15 is 0 Å². The topological polar surface area (TPSA) is 63.7 Å². The molecule has 0 spiro atoms. The van der Waals surface area contributed by atoms with Crippen molar-refractivity contribution >= 4 is 17.2 Å². The molecule has 0 saturated carbocycles. The Morgan fingerprint density at radius 1 is 1.42 bits per heavy atom. The van der Waals surface area contributed by atoms with Gasteiger partial charge in [0.05, 0.1) is 13.2 Å². The van der Waals surface area contributed by atoms with E-state index in [1.54, 1.807) is 11.5 Å². The third kappa shape index (κ3) is 5.14. The van der Waals surface area contributed by atoms with Crippen LogP contribution in [0.25, 0.3) is 10.6 Å². The van der Waals surface area contributed by atoms with Gasteiger partial charge in [-0.3, -0.25) is 9.69 Å². The predicted molar refractivity (Wildman–Crippen MR) is 103 cm³/mol. The number of ether oxygens (including phenoxy) is 2. The summed E-state index contributed by atoms with van der Waals surface area (Å²) in [5, 5.41) is 5.52. The van der Waals surface area contributed by atoms with Gasteiger partial charge in [0, 0.05) is 37.1 Å². The van der Waals surface area contributed by atoms with Crippen LogP contribution in [0.15, 0.2) is 42.3 Å². The molecule has 1 N–H and O–H groups in total. The zero-order chi connectivity index (χ0) is 18.2. The van der Waals surface area contributed by atoms with Crippen LogP contribution in [0, 0.1) is 0 Å². The third-order valence-corrected chi connectivity index (χ3v) is 4.89. The summed E-state index contributed by atoms with van der Waals surface area (Å²) < 4.78 is 10.9. The van der Waals surface area contributed by atoms with E-state index in [1.807, 2.05) is 24.3 Å². The molecule has 1 saturated heterocycles. The summed E-state index contributed by atoms with van der Waals surface area (Å²) >= 11 is 1.45. The summed E-state index contributed by atoms with van der Waals surface area (Å²) in [4.78, 5) is 19.0. The van der Waals surface area contributed by atoms with E-state index in [9.17, 15) is 4.79 Å². The molecule has 1 aliphatic rings. The van der Waals surface area contributed by atoms with Crippen LogP contribution in [-0.2, 0) is 4.74 Å². The molecule has 2 aromatic rings. The van der Waals surface area contributed by atoms with Crippen LogP contribution in [0.3, 0.4) is 0 Å². The van der Waals surface area contributed by atoms with E-state index in [2.05, 4.69) is 21.8 Å². The van der Waals surface area contributed by atoms with Crippen LogP contribution in [0.4, 0.5) is 0 Å². The quantitative estimate of drug-likeness (QED) is 0.720. The Bertz CT molecular complexity index is 741. The van der Waals surface area contributed by atoms with Crippen LogP contribution >= 0.6 is 11.3 Å². The van der Waals surface area contributed by atoms with Crippen molar-refractivity contribution in [3.8, 4) is 16.3 Å². The average Bonchev–Trinajstić information content (AvgIpc) is 3.18. The third-order valence-electron chi connectivity index (χ3n) is 4.00. The molecule has 6 nitrogen and oxygen atoms in total. The lowest BCUT2D eigenvalue weighted by Crippen LogP contribution is -2.41. The predicted octanol–water partition coefficient (Wildman–Crippen LogP) is 2.44. The van der Waals surface area contributed by atoms with Crippen molar-refractivity contribution in [3.05, 3.63) is 48.0 Å². The normalized spacial score (nSPS) is 14.8. The molecule has 7 heteroatoms. The molecular weight excluding hydrogens is 350 g/mol.